The Bertz CT molecular complexity index is 719. The fourth-order valence-corrected chi connectivity index (χ4v) is 2.73. The van der Waals surface area contributed by atoms with Crippen LogP contribution in [0.5, 0.6) is 0 Å². The van der Waals surface area contributed by atoms with E-state index < -0.39 is 12.0 Å². The molecule has 5 nitrogen and oxygen atoms in total. The highest BCUT2D eigenvalue weighted by Gasteiger charge is 2.21. The maximum atomic E-state index is 12.2. The molecule has 2 N–H and O–H groups in total. The molecule has 1 amide bonds. The molecule has 2 aromatic rings. The van der Waals surface area contributed by atoms with E-state index in [4.69, 9.17) is 4.74 Å². The number of aryl methyl sites for hydroxylation is 1. The molecule has 0 aliphatic rings. The van der Waals surface area contributed by atoms with Crippen molar-refractivity contribution in [2.75, 3.05) is 19.0 Å². The summed E-state index contributed by atoms with van der Waals surface area (Å²) in [6.45, 7) is 1.90. The summed E-state index contributed by atoms with van der Waals surface area (Å²) in [7, 11) is 1.32. The van der Waals surface area contributed by atoms with E-state index in [0.717, 1.165) is 21.3 Å². The maximum absolute atomic E-state index is 12.2. The Labute approximate surface area is 149 Å². The third kappa shape index (κ3) is 4.91. The maximum Gasteiger partial charge on any atom is 0.327 e. The molecule has 0 aliphatic heterocycles. The lowest BCUT2D eigenvalue weighted by Gasteiger charge is -2.17. The number of esters is 1. The van der Waals surface area contributed by atoms with Crippen molar-refractivity contribution in [3.63, 3.8) is 0 Å². The van der Waals surface area contributed by atoms with Gasteiger partial charge in [-0.05, 0) is 36.2 Å². The standard InChI is InChI=1S/C18H19BrN2O3/c1-12-10-14(19)8-9-15(12)21-16(22)11-20-17(18(23)24-2)13-6-4-3-5-7-13/h3-10,17,20H,11H2,1-2H3,(H,21,22). The number of anilines is 1. The summed E-state index contributed by atoms with van der Waals surface area (Å²) in [4.78, 5) is 24.1. The predicted molar refractivity (Wildman–Crippen MR) is 96.7 cm³/mol. The van der Waals surface area contributed by atoms with Crippen LogP contribution in [0.25, 0.3) is 0 Å². The summed E-state index contributed by atoms with van der Waals surface area (Å²) in [6.07, 6.45) is 0. The van der Waals surface area contributed by atoms with Crippen LogP contribution in [0.15, 0.2) is 53.0 Å². The largest absolute Gasteiger partial charge is 0.468 e. The number of rotatable bonds is 6. The second-order valence-corrected chi connectivity index (χ2v) is 6.17. The van der Waals surface area contributed by atoms with Crippen LogP contribution >= 0.6 is 15.9 Å². The topological polar surface area (TPSA) is 67.4 Å². The van der Waals surface area contributed by atoms with E-state index in [2.05, 4.69) is 26.6 Å². The molecule has 2 aromatic carbocycles. The van der Waals surface area contributed by atoms with Gasteiger partial charge in [-0.15, -0.1) is 0 Å². The van der Waals surface area contributed by atoms with Gasteiger partial charge in [-0.1, -0.05) is 46.3 Å². The first-order chi connectivity index (χ1) is 11.5. The number of hydrogen-bond acceptors (Lipinski definition) is 4. The number of benzene rings is 2. The minimum absolute atomic E-state index is 0.00976. The van der Waals surface area contributed by atoms with Gasteiger partial charge in [0.2, 0.25) is 5.91 Å². The van der Waals surface area contributed by atoms with E-state index in [0.29, 0.717) is 0 Å². The van der Waals surface area contributed by atoms with Crippen molar-refractivity contribution < 1.29 is 14.3 Å². The minimum atomic E-state index is -0.687. The molecule has 2 rings (SSSR count). The number of amides is 1. The summed E-state index contributed by atoms with van der Waals surface area (Å²) in [5, 5.41) is 5.77. The SMILES string of the molecule is COC(=O)C(NCC(=O)Nc1ccc(Br)cc1C)c1ccccc1. The molecule has 6 heteroatoms. The average Bonchev–Trinajstić information content (AvgIpc) is 2.58. The highest BCUT2D eigenvalue weighted by atomic mass is 79.9. The molecule has 0 radical (unpaired) electrons. The van der Waals surface area contributed by atoms with Crippen LogP contribution in [0, 0.1) is 6.92 Å². The number of carbonyl (C=O) groups is 2. The highest BCUT2D eigenvalue weighted by Crippen LogP contribution is 2.20. The molecule has 0 aliphatic carbocycles. The van der Waals surface area contributed by atoms with Gasteiger partial charge in [0.1, 0.15) is 6.04 Å². The smallest absolute Gasteiger partial charge is 0.327 e. The van der Waals surface area contributed by atoms with Gasteiger partial charge in [0.05, 0.1) is 13.7 Å². The lowest BCUT2D eigenvalue weighted by atomic mass is 10.1. The summed E-state index contributed by atoms with van der Waals surface area (Å²) in [5.41, 5.74) is 2.43. The second kappa shape index (κ2) is 8.61. The van der Waals surface area contributed by atoms with E-state index in [9.17, 15) is 9.59 Å². The minimum Gasteiger partial charge on any atom is -0.468 e. The normalized spacial score (nSPS) is 11.6. The zero-order chi connectivity index (χ0) is 17.5. The molecule has 24 heavy (non-hydrogen) atoms. The van der Waals surface area contributed by atoms with E-state index in [1.54, 1.807) is 0 Å². The highest BCUT2D eigenvalue weighted by molar-refractivity contribution is 9.10. The number of nitrogens with one attached hydrogen (secondary N) is 2. The van der Waals surface area contributed by atoms with Gasteiger partial charge in [0, 0.05) is 10.2 Å². The first kappa shape index (κ1) is 18.2. The molecular formula is C18H19BrN2O3. The Kier molecular flexibility index (Phi) is 6.52. The van der Waals surface area contributed by atoms with Gasteiger partial charge < -0.3 is 10.1 Å². The predicted octanol–water partition coefficient (Wildman–Crippen LogP) is 3.20. The molecule has 0 heterocycles. The van der Waals surface area contributed by atoms with Crippen molar-refractivity contribution in [1.82, 2.24) is 5.32 Å². The Hall–Kier alpha value is -2.18. The quantitative estimate of drug-likeness (QED) is 0.743. The van der Waals surface area contributed by atoms with E-state index in [1.807, 2.05) is 55.5 Å². The number of methoxy groups -OCH3 is 1. The van der Waals surface area contributed by atoms with Gasteiger partial charge in [-0.25, -0.2) is 4.79 Å². The zero-order valence-electron chi connectivity index (χ0n) is 13.5. The van der Waals surface area contributed by atoms with Crippen molar-refractivity contribution in [2.24, 2.45) is 0 Å². The molecule has 126 valence electrons. The van der Waals surface area contributed by atoms with Gasteiger partial charge in [-0.3, -0.25) is 10.1 Å². The average molecular weight is 391 g/mol. The Morgan fingerprint density at radius 2 is 1.88 bits per heavy atom. The zero-order valence-corrected chi connectivity index (χ0v) is 15.1. The molecule has 0 spiro atoms. The van der Waals surface area contributed by atoms with Crippen LogP contribution in [0.1, 0.15) is 17.2 Å². The lowest BCUT2D eigenvalue weighted by molar-refractivity contribution is -0.143. The number of ether oxygens (including phenoxy) is 1. The van der Waals surface area contributed by atoms with Crippen molar-refractivity contribution in [1.29, 1.82) is 0 Å². The molecule has 0 fully saturated rings. The number of carbonyl (C=O) groups excluding carboxylic acids is 2. The molecule has 1 atom stereocenters. The van der Waals surface area contributed by atoms with Crippen LogP contribution in [0.3, 0.4) is 0 Å². The Morgan fingerprint density at radius 3 is 2.50 bits per heavy atom. The van der Waals surface area contributed by atoms with E-state index in [-0.39, 0.29) is 12.5 Å². The molecule has 0 bridgehead atoms. The number of halogens is 1. The van der Waals surface area contributed by atoms with Gasteiger partial charge in [-0.2, -0.15) is 0 Å². The fraction of sp³-hybridized carbons (Fsp3) is 0.222. The summed E-state index contributed by atoms with van der Waals surface area (Å²) in [5.74, 6) is -0.668. The third-order valence-corrected chi connectivity index (χ3v) is 3.99. The van der Waals surface area contributed by atoms with Crippen LogP contribution in [0.2, 0.25) is 0 Å². The monoisotopic (exact) mass is 390 g/mol. The molecule has 0 saturated carbocycles. The Morgan fingerprint density at radius 1 is 1.17 bits per heavy atom. The summed E-state index contributed by atoms with van der Waals surface area (Å²) < 4.78 is 5.76. The Balaban J connectivity index is 2.01. The van der Waals surface area contributed by atoms with E-state index in [1.165, 1.54) is 7.11 Å². The second-order valence-electron chi connectivity index (χ2n) is 5.26. The van der Waals surface area contributed by atoms with Crippen LogP contribution in [-0.2, 0) is 14.3 Å². The molecule has 1 unspecified atom stereocenters. The first-order valence-corrected chi connectivity index (χ1v) is 8.22. The van der Waals surface area contributed by atoms with Gasteiger partial charge in [0.25, 0.3) is 0 Å². The first-order valence-electron chi connectivity index (χ1n) is 7.43. The summed E-state index contributed by atoms with van der Waals surface area (Å²) >= 11 is 3.39. The number of hydrogen-bond donors (Lipinski definition) is 2. The van der Waals surface area contributed by atoms with Gasteiger partial charge >= 0.3 is 5.97 Å². The van der Waals surface area contributed by atoms with Crippen molar-refractivity contribution in [2.45, 2.75) is 13.0 Å². The molecular weight excluding hydrogens is 372 g/mol. The molecule has 0 aromatic heterocycles. The van der Waals surface area contributed by atoms with Crippen molar-refractivity contribution in [3.05, 3.63) is 64.1 Å². The van der Waals surface area contributed by atoms with Crippen LogP contribution < -0.4 is 10.6 Å². The molecule has 0 saturated heterocycles. The third-order valence-electron chi connectivity index (χ3n) is 3.50. The van der Waals surface area contributed by atoms with Crippen LogP contribution in [-0.4, -0.2) is 25.5 Å². The van der Waals surface area contributed by atoms with Crippen LogP contribution in [0.4, 0.5) is 5.69 Å². The van der Waals surface area contributed by atoms with E-state index >= 15 is 0 Å². The van der Waals surface area contributed by atoms with Crippen molar-refractivity contribution in [3.8, 4) is 0 Å². The lowest BCUT2D eigenvalue weighted by Crippen LogP contribution is -2.35. The van der Waals surface area contributed by atoms with Gasteiger partial charge in [0.15, 0.2) is 0 Å². The van der Waals surface area contributed by atoms with Crippen molar-refractivity contribution >= 4 is 33.5 Å². The fourth-order valence-electron chi connectivity index (χ4n) is 2.26. The summed E-state index contributed by atoms with van der Waals surface area (Å²) in [6, 6.07) is 14.1.